The summed E-state index contributed by atoms with van der Waals surface area (Å²) < 4.78 is 9.65. The first-order chi connectivity index (χ1) is 47.9. The summed E-state index contributed by atoms with van der Waals surface area (Å²) in [5.41, 5.74) is 29.7. The predicted octanol–water partition coefficient (Wildman–Crippen LogP) is 24.7. The molecule has 4 aromatic heterocycles. The van der Waals surface area contributed by atoms with Crippen LogP contribution in [0, 0.1) is 0 Å². The van der Waals surface area contributed by atoms with Gasteiger partial charge in [-0.15, -0.1) is 0 Å². The van der Waals surface area contributed by atoms with Gasteiger partial charge < -0.3 is 18.3 Å². The maximum atomic E-state index is 2.46. The fourth-order valence-corrected chi connectivity index (χ4v) is 16.2. The highest BCUT2D eigenvalue weighted by molar-refractivity contribution is 6.19. The second kappa shape index (κ2) is 22.3. The molecule has 0 saturated carbocycles. The third-order valence-corrected chi connectivity index (χ3v) is 20.6. The second-order valence-electron chi connectivity index (χ2n) is 26.3. The molecule has 0 amide bonds. The quantitative estimate of drug-likeness (QED) is 0.144. The molecular weight excluding hydrogens is 1170 g/mol. The van der Waals surface area contributed by atoms with E-state index in [1.165, 1.54) is 171 Å². The summed E-state index contributed by atoms with van der Waals surface area (Å²) in [6, 6.07) is 128. The molecule has 456 valence electrons. The van der Waals surface area contributed by atoms with Crippen molar-refractivity contribution in [3.8, 4) is 78.4 Å². The van der Waals surface area contributed by atoms with Crippen molar-refractivity contribution in [3.63, 3.8) is 0 Å². The van der Waals surface area contributed by atoms with Crippen LogP contribution in [-0.2, 0) is 5.41 Å². The van der Waals surface area contributed by atoms with Gasteiger partial charge in [-0.25, -0.2) is 0 Å². The smallest absolute Gasteiger partial charge is 0.0547 e. The van der Waals surface area contributed by atoms with Gasteiger partial charge in [0.15, 0.2) is 0 Å². The number of aromatic nitrogens is 4. The van der Waals surface area contributed by atoms with Crippen LogP contribution in [0.25, 0.3) is 166 Å². The standard InChI is InChI=1S/C48H32N2.C45H32N2/c1-3-13-33(14-4-1)34-25-27-35(28-26-34)36-15-11-18-39(31-36)50-45-23-10-8-20-42(45)48-40(21-12-24-47(48)50)37-29-30-46-43(32-37)41-19-7-9-22-44(41)49(46)38-16-5-2-6-17-38;1-45(2)38-19-9-6-15-33(38)36-28-31(24-25-39(36)45)47-41-21-11-8-17-35(41)44-32(18-12-22-43(44)47)29-23-26-42-37(27-29)34-16-7-10-20-40(34)46(42)30-13-4-3-5-14-30/h1-32H;3-28H,1-2H3. The van der Waals surface area contributed by atoms with Crippen molar-refractivity contribution in [1.82, 2.24) is 18.3 Å². The highest BCUT2D eigenvalue weighted by Crippen LogP contribution is 2.50. The Balaban J connectivity index is 0.000000137. The van der Waals surface area contributed by atoms with E-state index in [0.717, 1.165) is 5.69 Å². The number of rotatable bonds is 8. The Hall–Kier alpha value is -12.5. The minimum absolute atomic E-state index is 0.0132. The van der Waals surface area contributed by atoms with Crippen LogP contribution in [0.4, 0.5) is 0 Å². The van der Waals surface area contributed by atoms with Crippen LogP contribution in [0.5, 0.6) is 0 Å². The van der Waals surface area contributed by atoms with E-state index in [0.29, 0.717) is 0 Å². The number of para-hydroxylation sites is 6. The fraction of sp³-hybridized carbons (Fsp3) is 0.0323. The van der Waals surface area contributed by atoms with Crippen LogP contribution in [-0.4, -0.2) is 18.3 Å². The molecule has 0 atom stereocenters. The molecule has 0 spiro atoms. The molecule has 1 aliphatic carbocycles. The number of hydrogen-bond donors (Lipinski definition) is 0. The first-order valence-corrected chi connectivity index (χ1v) is 33.6. The molecule has 19 aromatic rings. The molecule has 0 unspecified atom stereocenters. The lowest BCUT2D eigenvalue weighted by Crippen LogP contribution is -2.14. The summed E-state index contributed by atoms with van der Waals surface area (Å²) in [6.07, 6.45) is 0. The monoisotopic (exact) mass is 1240 g/mol. The molecule has 4 heteroatoms. The van der Waals surface area contributed by atoms with Gasteiger partial charge in [-0.1, -0.05) is 257 Å². The number of fused-ring (bicyclic) bond motifs is 15. The average molecular weight is 1240 g/mol. The van der Waals surface area contributed by atoms with Crippen molar-refractivity contribution in [3.05, 3.63) is 363 Å². The highest BCUT2D eigenvalue weighted by atomic mass is 15.0. The third kappa shape index (κ3) is 8.91. The van der Waals surface area contributed by atoms with E-state index in [4.69, 9.17) is 0 Å². The molecule has 0 radical (unpaired) electrons. The highest BCUT2D eigenvalue weighted by Gasteiger charge is 2.35. The Morgan fingerprint density at radius 2 is 0.526 bits per heavy atom. The van der Waals surface area contributed by atoms with Crippen molar-refractivity contribution in [2.24, 2.45) is 0 Å². The fourth-order valence-electron chi connectivity index (χ4n) is 16.2. The average Bonchev–Trinajstić information content (AvgIpc) is 1.59. The van der Waals surface area contributed by atoms with Gasteiger partial charge >= 0.3 is 0 Å². The van der Waals surface area contributed by atoms with Crippen LogP contribution >= 0.6 is 0 Å². The van der Waals surface area contributed by atoms with Gasteiger partial charge in [0.1, 0.15) is 0 Å². The topological polar surface area (TPSA) is 19.7 Å². The largest absolute Gasteiger partial charge is 0.309 e. The summed E-state index contributed by atoms with van der Waals surface area (Å²) in [7, 11) is 0. The zero-order chi connectivity index (χ0) is 64.3. The molecule has 1 aliphatic rings. The Bertz CT molecular complexity index is 6320. The van der Waals surface area contributed by atoms with Gasteiger partial charge in [-0.2, -0.15) is 0 Å². The summed E-state index contributed by atoms with van der Waals surface area (Å²) in [6.45, 7) is 4.69. The molecule has 4 nitrogen and oxygen atoms in total. The van der Waals surface area contributed by atoms with Crippen molar-refractivity contribution in [1.29, 1.82) is 0 Å². The molecule has 4 heterocycles. The van der Waals surface area contributed by atoms with Crippen LogP contribution in [0.1, 0.15) is 25.0 Å². The third-order valence-electron chi connectivity index (χ3n) is 20.6. The van der Waals surface area contributed by atoms with Crippen molar-refractivity contribution in [2.75, 3.05) is 0 Å². The Morgan fingerprint density at radius 3 is 1.06 bits per heavy atom. The summed E-state index contributed by atoms with van der Waals surface area (Å²) in [5, 5.41) is 10.1. The Labute approximate surface area is 562 Å². The molecule has 97 heavy (non-hydrogen) atoms. The molecule has 0 aliphatic heterocycles. The molecule has 0 saturated heterocycles. The van der Waals surface area contributed by atoms with Crippen molar-refractivity contribution in [2.45, 2.75) is 19.3 Å². The first-order valence-electron chi connectivity index (χ1n) is 33.6. The van der Waals surface area contributed by atoms with Gasteiger partial charge in [0.05, 0.1) is 44.1 Å². The van der Waals surface area contributed by atoms with E-state index in [1.807, 2.05) is 0 Å². The Kier molecular flexibility index (Phi) is 12.9. The lowest BCUT2D eigenvalue weighted by atomic mass is 9.82. The van der Waals surface area contributed by atoms with E-state index in [9.17, 15) is 0 Å². The maximum Gasteiger partial charge on any atom is 0.0547 e. The maximum absolute atomic E-state index is 2.46. The zero-order valence-electron chi connectivity index (χ0n) is 53.8. The first kappa shape index (κ1) is 56.1. The molecule has 15 aromatic carbocycles. The van der Waals surface area contributed by atoms with E-state index < -0.39 is 0 Å². The van der Waals surface area contributed by atoms with Crippen LogP contribution < -0.4 is 0 Å². The van der Waals surface area contributed by atoms with Crippen LogP contribution in [0.15, 0.2) is 352 Å². The molecule has 20 rings (SSSR count). The lowest BCUT2D eigenvalue weighted by molar-refractivity contribution is 0.660. The van der Waals surface area contributed by atoms with E-state index in [2.05, 4.69) is 384 Å². The van der Waals surface area contributed by atoms with Gasteiger partial charge in [-0.3, -0.25) is 0 Å². The summed E-state index contributed by atoms with van der Waals surface area (Å²) >= 11 is 0. The predicted molar refractivity (Wildman–Crippen MR) is 410 cm³/mol. The second-order valence-corrected chi connectivity index (χ2v) is 26.3. The lowest BCUT2D eigenvalue weighted by Gasteiger charge is -2.21. The van der Waals surface area contributed by atoms with Crippen molar-refractivity contribution >= 4 is 87.2 Å². The Morgan fingerprint density at radius 1 is 0.186 bits per heavy atom. The van der Waals surface area contributed by atoms with Crippen LogP contribution in [0.3, 0.4) is 0 Å². The van der Waals surface area contributed by atoms with E-state index in [-0.39, 0.29) is 5.41 Å². The van der Waals surface area contributed by atoms with Crippen molar-refractivity contribution < 1.29 is 0 Å². The summed E-state index contributed by atoms with van der Waals surface area (Å²) in [4.78, 5) is 0. The minimum atomic E-state index is -0.0132. The van der Waals surface area contributed by atoms with E-state index in [1.54, 1.807) is 0 Å². The zero-order valence-corrected chi connectivity index (χ0v) is 53.8. The van der Waals surface area contributed by atoms with Gasteiger partial charge in [-0.05, 0) is 176 Å². The van der Waals surface area contributed by atoms with Gasteiger partial charge in [0, 0.05) is 71.3 Å². The molecule has 0 fully saturated rings. The number of benzene rings is 15. The van der Waals surface area contributed by atoms with Gasteiger partial charge in [0.25, 0.3) is 0 Å². The molecule has 0 bridgehead atoms. The van der Waals surface area contributed by atoms with E-state index >= 15 is 0 Å². The minimum Gasteiger partial charge on any atom is -0.309 e. The van der Waals surface area contributed by atoms with Gasteiger partial charge in [0.2, 0.25) is 0 Å². The molecule has 0 N–H and O–H groups in total. The summed E-state index contributed by atoms with van der Waals surface area (Å²) in [5.74, 6) is 0. The SMILES string of the molecule is CC1(C)c2ccccc2-c2cc(-n3c4ccccc4c4c(-c5ccc6c(c5)c5ccccc5n6-c5ccccc5)cccc43)ccc21.c1ccc(-c2ccc(-c3cccc(-n4c5ccccc5c5c(-c6ccc7c(c6)c6ccccc6n7-c6ccccc6)cccc54)c3)cc2)cc1. The van der Waals surface area contributed by atoms with Crippen LogP contribution in [0.2, 0.25) is 0 Å². The number of hydrogen-bond acceptors (Lipinski definition) is 0. The molecular formula is C93H64N4. The number of nitrogens with zero attached hydrogens (tertiary/aromatic N) is 4. The normalized spacial score (nSPS) is 12.5.